The van der Waals surface area contributed by atoms with E-state index in [0.29, 0.717) is 0 Å². The molecule has 0 spiro atoms. The van der Waals surface area contributed by atoms with Gasteiger partial charge in [0.05, 0.1) is 11.5 Å². The summed E-state index contributed by atoms with van der Waals surface area (Å²) in [6.45, 7) is 5.37. The van der Waals surface area contributed by atoms with E-state index in [4.69, 9.17) is 4.74 Å². The molecule has 2 atom stereocenters. The minimum Gasteiger partial charge on any atom is -0.459 e. The summed E-state index contributed by atoms with van der Waals surface area (Å²) in [5.74, 6) is -0.329. The molecule has 0 saturated heterocycles. The second-order valence-corrected chi connectivity index (χ2v) is 4.68. The van der Waals surface area contributed by atoms with E-state index in [9.17, 15) is 9.90 Å². The fraction of sp³-hybridized carbons (Fsp3) is 0.909. The summed E-state index contributed by atoms with van der Waals surface area (Å²) in [6, 6.07) is 0. The Balaban J connectivity index is 2.54. The van der Waals surface area contributed by atoms with Gasteiger partial charge in [0.1, 0.15) is 6.10 Å². The molecule has 0 radical (unpaired) electrons. The average Bonchev–Trinajstić information content (AvgIpc) is 2.08. The summed E-state index contributed by atoms with van der Waals surface area (Å²) in [6.07, 6.45) is 3.25. The molecule has 0 heterocycles. The third kappa shape index (κ3) is 2.71. The lowest BCUT2D eigenvalue weighted by atomic mass is 9.83. The number of hydrogen-bond donors (Lipinski definition) is 1. The molecule has 0 aromatic heterocycles. The van der Waals surface area contributed by atoms with Gasteiger partial charge in [-0.2, -0.15) is 0 Å². The predicted molar refractivity (Wildman–Crippen MR) is 53.8 cm³/mol. The topological polar surface area (TPSA) is 46.5 Å². The summed E-state index contributed by atoms with van der Waals surface area (Å²) >= 11 is 0. The molecule has 1 aliphatic carbocycles. The summed E-state index contributed by atoms with van der Waals surface area (Å²) in [5.41, 5.74) is -0.831. The van der Waals surface area contributed by atoms with Crippen LogP contribution in [0.5, 0.6) is 0 Å². The fourth-order valence-electron chi connectivity index (χ4n) is 1.75. The molecule has 1 rings (SSSR count). The maximum Gasteiger partial charge on any atom is 0.308 e. The van der Waals surface area contributed by atoms with E-state index in [1.54, 1.807) is 20.8 Å². The van der Waals surface area contributed by atoms with Crippen LogP contribution in [0.2, 0.25) is 0 Å². The predicted octanol–water partition coefficient (Wildman–Crippen LogP) is 1.88. The van der Waals surface area contributed by atoms with Gasteiger partial charge in [-0.15, -0.1) is 0 Å². The Labute approximate surface area is 85.5 Å². The first kappa shape index (κ1) is 11.5. The van der Waals surface area contributed by atoms with E-state index in [-0.39, 0.29) is 18.0 Å². The largest absolute Gasteiger partial charge is 0.459 e. The van der Waals surface area contributed by atoms with E-state index in [2.05, 4.69) is 0 Å². The first-order valence-corrected chi connectivity index (χ1v) is 5.36. The molecule has 1 fully saturated rings. The third-order valence-corrected chi connectivity index (χ3v) is 2.82. The molecule has 0 aromatic carbocycles. The van der Waals surface area contributed by atoms with Crippen molar-refractivity contribution in [3.8, 4) is 0 Å². The van der Waals surface area contributed by atoms with Crippen LogP contribution in [0.3, 0.4) is 0 Å². The highest BCUT2D eigenvalue weighted by Crippen LogP contribution is 2.30. The second-order valence-electron chi connectivity index (χ2n) is 4.68. The van der Waals surface area contributed by atoms with Crippen LogP contribution in [0.1, 0.15) is 46.5 Å². The van der Waals surface area contributed by atoms with Crippen molar-refractivity contribution in [2.24, 2.45) is 5.92 Å². The van der Waals surface area contributed by atoms with Gasteiger partial charge < -0.3 is 9.84 Å². The van der Waals surface area contributed by atoms with Crippen LogP contribution in [0.4, 0.5) is 0 Å². The van der Waals surface area contributed by atoms with Gasteiger partial charge in [0.25, 0.3) is 0 Å². The Kier molecular flexibility index (Phi) is 3.53. The SMILES string of the molecule is CC(C)C(=O)OC1CCCCC1(C)O. The van der Waals surface area contributed by atoms with Crippen LogP contribution in [-0.2, 0) is 9.53 Å². The lowest BCUT2D eigenvalue weighted by Crippen LogP contribution is -2.45. The molecule has 1 N–H and O–H groups in total. The highest BCUT2D eigenvalue weighted by molar-refractivity contribution is 5.71. The molecule has 1 saturated carbocycles. The molecule has 14 heavy (non-hydrogen) atoms. The quantitative estimate of drug-likeness (QED) is 0.692. The second kappa shape index (κ2) is 4.30. The molecule has 1 aliphatic rings. The molecular weight excluding hydrogens is 180 g/mol. The monoisotopic (exact) mass is 200 g/mol. The first-order valence-electron chi connectivity index (χ1n) is 5.36. The molecule has 82 valence electrons. The van der Waals surface area contributed by atoms with Gasteiger partial charge in [-0.1, -0.05) is 20.3 Å². The summed E-state index contributed by atoms with van der Waals surface area (Å²) < 4.78 is 5.28. The maximum absolute atomic E-state index is 11.4. The van der Waals surface area contributed by atoms with E-state index >= 15 is 0 Å². The number of carbonyl (C=O) groups excluding carboxylic acids is 1. The van der Waals surface area contributed by atoms with Gasteiger partial charge in [-0.05, 0) is 26.2 Å². The summed E-state index contributed by atoms with van der Waals surface area (Å²) in [4.78, 5) is 11.4. The summed E-state index contributed by atoms with van der Waals surface area (Å²) in [5, 5.41) is 9.99. The van der Waals surface area contributed by atoms with Gasteiger partial charge in [0.15, 0.2) is 0 Å². The van der Waals surface area contributed by atoms with Crippen LogP contribution in [-0.4, -0.2) is 22.8 Å². The lowest BCUT2D eigenvalue weighted by molar-refractivity contribution is -0.172. The molecule has 0 aliphatic heterocycles. The van der Waals surface area contributed by atoms with Crippen molar-refractivity contribution in [1.29, 1.82) is 0 Å². The van der Waals surface area contributed by atoms with Crippen LogP contribution in [0.15, 0.2) is 0 Å². The maximum atomic E-state index is 11.4. The highest BCUT2D eigenvalue weighted by atomic mass is 16.6. The molecule has 0 bridgehead atoms. The van der Waals surface area contributed by atoms with Gasteiger partial charge in [0.2, 0.25) is 0 Å². The van der Waals surface area contributed by atoms with Crippen LogP contribution in [0.25, 0.3) is 0 Å². The number of ether oxygens (including phenoxy) is 1. The normalized spacial score (nSPS) is 33.1. The Bertz CT molecular complexity index is 209. The van der Waals surface area contributed by atoms with Gasteiger partial charge in [-0.3, -0.25) is 4.79 Å². The van der Waals surface area contributed by atoms with Crippen molar-refractivity contribution in [3.63, 3.8) is 0 Å². The number of rotatable bonds is 2. The molecule has 0 amide bonds. The zero-order chi connectivity index (χ0) is 10.8. The Morgan fingerprint density at radius 3 is 2.64 bits per heavy atom. The van der Waals surface area contributed by atoms with Crippen LogP contribution in [0, 0.1) is 5.92 Å². The third-order valence-electron chi connectivity index (χ3n) is 2.82. The zero-order valence-electron chi connectivity index (χ0n) is 9.25. The van der Waals surface area contributed by atoms with Gasteiger partial charge in [-0.25, -0.2) is 0 Å². The van der Waals surface area contributed by atoms with E-state index < -0.39 is 5.60 Å². The Morgan fingerprint density at radius 2 is 2.14 bits per heavy atom. The van der Waals surface area contributed by atoms with Crippen LogP contribution >= 0.6 is 0 Å². The smallest absolute Gasteiger partial charge is 0.308 e. The van der Waals surface area contributed by atoms with Crippen LogP contribution < -0.4 is 0 Å². The van der Waals surface area contributed by atoms with Crippen molar-refractivity contribution >= 4 is 5.97 Å². The van der Waals surface area contributed by atoms with Crippen molar-refractivity contribution in [2.75, 3.05) is 0 Å². The lowest BCUT2D eigenvalue weighted by Gasteiger charge is -2.36. The van der Waals surface area contributed by atoms with E-state index in [1.807, 2.05) is 0 Å². The number of aliphatic hydroxyl groups is 1. The summed E-state index contributed by atoms with van der Waals surface area (Å²) in [7, 11) is 0. The highest BCUT2D eigenvalue weighted by Gasteiger charge is 2.37. The molecule has 0 aromatic rings. The van der Waals surface area contributed by atoms with Crippen molar-refractivity contribution < 1.29 is 14.6 Å². The Hall–Kier alpha value is -0.570. The van der Waals surface area contributed by atoms with Crippen molar-refractivity contribution in [1.82, 2.24) is 0 Å². The zero-order valence-corrected chi connectivity index (χ0v) is 9.25. The minimum absolute atomic E-state index is 0.118. The number of hydrogen-bond acceptors (Lipinski definition) is 3. The molecular formula is C11H20O3. The van der Waals surface area contributed by atoms with Crippen molar-refractivity contribution in [2.45, 2.75) is 58.2 Å². The van der Waals surface area contributed by atoms with E-state index in [0.717, 1.165) is 25.7 Å². The average molecular weight is 200 g/mol. The van der Waals surface area contributed by atoms with Crippen molar-refractivity contribution in [3.05, 3.63) is 0 Å². The number of carbonyl (C=O) groups is 1. The van der Waals surface area contributed by atoms with Gasteiger partial charge in [0, 0.05) is 0 Å². The molecule has 3 nitrogen and oxygen atoms in total. The fourth-order valence-corrected chi connectivity index (χ4v) is 1.75. The molecule has 3 heteroatoms. The number of esters is 1. The Morgan fingerprint density at radius 1 is 1.50 bits per heavy atom. The first-order chi connectivity index (χ1) is 6.43. The standard InChI is InChI=1S/C11H20O3/c1-8(2)10(12)14-9-6-4-5-7-11(9,3)13/h8-9,13H,4-7H2,1-3H3. The van der Waals surface area contributed by atoms with E-state index in [1.165, 1.54) is 0 Å². The van der Waals surface area contributed by atoms with Gasteiger partial charge >= 0.3 is 5.97 Å². The molecule has 2 unspecified atom stereocenters. The minimum atomic E-state index is -0.831.